The fourth-order valence-corrected chi connectivity index (χ4v) is 2.07. The minimum absolute atomic E-state index is 0.146. The van der Waals surface area contributed by atoms with Crippen LogP contribution in [0.1, 0.15) is 53.4 Å². The molecule has 3 heteroatoms. The monoisotopic (exact) mass is 244 g/mol. The Bertz CT molecular complexity index is 185. The van der Waals surface area contributed by atoms with Crippen molar-refractivity contribution in [2.24, 2.45) is 0 Å². The fraction of sp³-hybridized carbons (Fsp3) is 1.00. The van der Waals surface area contributed by atoms with Crippen molar-refractivity contribution in [1.29, 1.82) is 0 Å². The summed E-state index contributed by atoms with van der Waals surface area (Å²) in [5, 5.41) is 12.9. The Balaban J connectivity index is 3.88. The molecule has 0 aliphatic heterocycles. The molecule has 0 amide bonds. The van der Waals surface area contributed by atoms with Gasteiger partial charge in [-0.15, -0.1) is 0 Å². The van der Waals surface area contributed by atoms with Gasteiger partial charge >= 0.3 is 0 Å². The molecular formula is C14H32N2O. The lowest BCUT2D eigenvalue weighted by atomic mass is 9.97. The van der Waals surface area contributed by atoms with Crippen molar-refractivity contribution >= 4 is 0 Å². The predicted molar refractivity (Wildman–Crippen MR) is 75.4 cm³/mol. The second-order valence-corrected chi connectivity index (χ2v) is 5.78. The van der Waals surface area contributed by atoms with E-state index in [0.717, 1.165) is 19.5 Å². The summed E-state index contributed by atoms with van der Waals surface area (Å²) in [4.78, 5) is 2.37. The molecule has 2 N–H and O–H groups in total. The first kappa shape index (κ1) is 16.9. The second kappa shape index (κ2) is 8.90. The van der Waals surface area contributed by atoms with E-state index in [2.05, 4.69) is 45.0 Å². The number of nitrogens with zero attached hydrogens (tertiary/aromatic N) is 1. The maximum atomic E-state index is 9.48. The number of nitrogens with one attached hydrogen (secondary N) is 1. The van der Waals surface area contributed by atoms with Crippen molar-refractivity contribution in [2.45, 2.75) is 65.0 Å². The molecule has 1 unspecified atom stereocenters. The van der Waals surface area contributed by atoms with E-state index in [1.54, 1.807) is 0 Å². The molecule has 0 saturated heterocycles. The minimum atomic E-state index is -0.146. The van der Waals surface area contributed by atoms with E-state index >= 15 is 0 Å². The zero-order chi connectivity index (χ0) is 13.3. The normalized spacial score (nSPS) is 15.5. The highest BCUT2D eigenvalue weighted by Crippen LogP contribution is 2.11. The lowest BCUT2D eigenvalue weighted by Gasteiger charge is -2.33. The van der Waals surface area contributed by atoms with E-state index in [4.69, 9.17) is 0 Å². The molecule has 3 nitrogen and oxygen atoms in total. The van der Waals surface area contributed by atoms with Gasteiger partial charge in [0.2, 0.25) is 0 Å². The van der Waals surface area contributed by atoms with Gasteiger partial charge in [0.25, 0.3) is 0 Å². The van der Waals surface area contributed by atoms with Gasteiger partial charge in [0.05, 0.1) is 6.61 Å². The van der Waals surface area contributed by atoms with E-state index in [-0.39, 0.29) is 12.1 Å². The van der Waals surface area contributed by atoms with Crippen LogP contribution in [0.4, 0.5) is 0 Å². The van der Waals surface area contributed by atoms with E-state index < -0.39 is 0 Å². The van der Waals surface area contributed by atoms with Gasteiger partial charge in [-0.1, -0.05) is 33.6 Å². The Kier molecular flexibility index (Phi) is 8.83. The molecule has 0 fully saturated rings. The largest absolute Gasteiger partial charge is 0.394 e. The summed E-state index contributed by atoms with van der Waals surface area (Å²) >= 11 is 0. The molecular weight excluding hydrogens is 212 g/mol. The number of unbranched alkanes of at least 4 members (excludes halogenated alkanes) is 2. The van der Waals surface area contributed by atoms with Crippen LogP contribution in [0, 0.1) is 0 Å². The lowest BCUT2D eigenvalue weighted by Crippen LogP contribution is -2.50. The predicted octanol–water partition coefficient (Wildman–Crippen LogP) is 2.25. The summed E-state index contributed by atoms with van der Waals surface area (Å²) in [6.07, 6.45) is 4.85. The van der Waals surface area contributed by atoms with Gasteiger partial charge in [-0.2, -0.15) is 0 Å². The zero-order valence-electron chi connectivity index (χ0n) is 12.4. The Labute approximate surface area is 108 Å². The molecule has 0 aromatic rings. The van der Waals surface area contributed by atoms with Crippen molar-refractivity contribution in [2.75, 3.05) is 26.7 Å². The van der Waals surface area contributed by atoms with Gasteiger partial charge in [0, 0.05) is 11.6 Å². The molecule has 0 spiro atoms. The fourth-order valence-electron chi connectivity index (χ4n) is 2.07. The van der Waals surface area contributed by atoms with Crippen molar-refractivity contribution in [3.05, 3.63) is 0 Å². The summed E-state index contributed by atoms with van der Waals surface area (Å²) in [7, 11) is 2.17. The Morgan fingerprint density at radius 2 is 1.88 bits per heavy atom. The summed E-state index contributed by atoms with van der Waals surface area (Å²) < 4.78 is 0. The van der Waals surface area contributed by atoms with Gasteiger partial charge < -0.3 is 15.3 Å². The number of hydrogen-bond acceptors (Lipinski definition) is 3. The van der Waals surface area contributed by atoms with Crippen LogP contribution < -0.4 is 5.32 Å². The smallest absolute Gasteiger partial charge is 0.0611 e. The quantitative estimate of drug-likeness (QED) is 0.579. The number of rotatable bonds is 10. The topological polar surface area (TPSA) is 35.5 Å². The third-order valence-electron chi connectivity index (χ3n) is 3.17. The standard InChI is InChI=1S/C14H32N2O/c1-6-7-8-10-16(5)11-9-14(4,12-17)15-13(2)3/h13,15,17H,6-12H2,1-5H3. The van der Waals surface area contributed by atoms with Crippen LogP contribution in [0.5, 0.6) is 0 Å². The Morgan fingerprint density at radius 1 is 1.24 bits per heavy atom. The van der Waals surface area contributed by atoms with E-state index in [1.807, 2.05) is 0 Å². The molecule has 0 bridgehead atoms. The Morgan fingerprint density at radius 3 is 2.35 bits per heavy atom. The summed E-state index contributed by atoms with van der Waals surface area (Å²) in [5.74, 6) is 0. The van der Waals surface area contributed by atoms with Crippen LogP contribution in [0.2, 0.25) is 0 Å². The number of aliphatic hydroxyl groups excluding tert-OH is 1. The molecule has 0 aliphatic carbocycles. The summed E-state index contributed by atoms with van der Waals surface area (Å²) in [6, 6.07) is 0.414. The van der Waals surface area contributed by atoms with Gasteiger partial charge in [-0.25, -0.2) is 0 Å². The average molecular weight is 244 g/mol. The highest BCUT2D eigenvalue weighted by molar-refractivity contribution is 4.84. The van der Waals surface area contributed by atoms with Crippen LogP contribution in [-0.2, 0) is 0 Å². The summed E-state index contributed by atoms with van der Waals surface area (Å²) in [5.41, 5.74) is -0.146. The van der Waals surface area contributed by atoms with E-state index in [1.165, 1.54) is 19.3 Å². The van der Waals surface area contributed by atoms with Crippen molar-refractivity contribution in [3.63, 3.8) is 0 Å². The molecule has 0 radical (unpaired) electrons. The SMILES string of the molecule is CCCCCN(C)CCC(C)(CO)NC(C)C. The number of hydrogen-bond donors (Lipinski definition) is 2. The van der Waals surface area contributed by atoms with Gasteiger partial charge in [-0.05, 0) is 39.9 Å². The van der Waals surface area contributed by atoms with Crippen LogP contribution in [-0.4, -0.2) is 48.3 Å². The molecule has 1 atom stereocenters. The molecule has 0 rings (SSSR count). The van der Waals surface area contributed by atoms with E-state index in [9.17, 15) is 5.11 Å². The highest BCUT2D eigenvalue weighted by atomic mass is 16.3. The van der Waals surface area contributed by atoms with E-state index in [0.29, 0.717) is 6.04 Å². The lowest BCUT2D eigenvalue weighted by molar-refractivity contribution is 0.143. The highest BCUT2D eigenvalue weighted by Gasteiger charge is 2.23. The second-order valence-electron chi connectivity index (χ2n) is 5.78. The zero-order valence-corrected chi connectivity index (χ0v) is 12.4. The Hall–Kier alpha value is -0.120. The molecule has 0 saturated carbocycles. The van der Waals surface area contributed by atoms with Crippen LogP contribution in [0.15, 0.2) is 0 Å². The first-order valence-corrected chi connectivity index (χ1v) is 7.00. The van der Waals surface area contributed by atoms with Crippen LogP contribution in [0.25, 0.3) is 0 Å². The maximum absolute atomic E-state index is 9.48. The van der Waals surface area contributed by atoms with Crippen molar-refractivity contribution in [1.82, 2.24) is 10.2 Å². The maximum Gasteiger partial charge on any atom is 0.0611 e. The van der Waals surface area contributed by atoms with Gasteiger partial charge in [0.1, 0.15) is 0 Å². The van der Waals surface area contributed by atoms with Crippen molar-refractivity contribution in [3.8, 4) is 0 Å². The van der Waals surface area contributed by atoms with Gasteiger partial charge in [-0.3, -0.25) is 0 Å². The first-order chi connectivity index (χ1) is 7.93. The molecule has 104 valence electrons. The van der Waals surface area contributed by atoms with Crippen LogP contribution >= 0.6 is 0 Å². The molecule has 0 heterocycles. The molecule has 0 aliphatic rings. The minimum Gasteiger partial charge on any atom is -0.394 e. The van der Waals surface area contributed by atoms with Gasteiger partial charge in [0.15, 0.2) is 0 Å². The molecule has 17 heavy (non-hydrogen) atoms. The number of aliphatic hydroxyl groups is 1. The molecule has 0 aromatic heterocycles. The average Bonchev–Trinajstić information content (AvgIpc) is 2.26. The van der Waals surface area contributed by atoms with Crippen LogP contribution in [0.3, 0.4) is 0 Å². The van der Waals surface area contributed by atoms with Crippen molar-refractivity contribution < 1.29 is 5.11 Å². The third-order valence-corrected chi connectivity index (χ3v) is 3.17. The summed E-state index contributed by atoms with van der Waals surface area (Å²) in [6.45, 7) is 11.0. The third kappa shape index (κ3) is 8.58. The first-order valence-electron chi connectivity index (χ1n) is 7.00. The molecule has 0 aromatic carbocycles.